The Morgan fingerprint density at radius 2 is 1.74 bits per heavy atom. The molecule has 0 saturated carbocycles. The van der Waals surface area contributed by atoms with Crippen LogP contribution >= 0.6 is 23.2 Å². The maximum absolute atomic E-state index is 12.6. The highest BCUT2D eigenvalue weighted by Gasteiger charge is 2.22. The molecule has 9 heteroatoms. The standard InChI is InChI=1S/C22H18Cl2N4O3/c1-13-3-5-15(6-4-13)11-28-20(24)19(14(2)27-28)22(29)30-12-18-25-26-21(31-18)16-7-9-17(23)10-8-16/h3-10H,11-12H2,1-2H3. The monoisotopic (exact) mass is 456 g/mol. The fourth-order valence-corrected chi connectivity index (χ4v) is 3.41. The molecule has 31 heavy (non-hydrogen) atoms. The third-order valence-electron chi connectivity index (χ3n) is 4.61. The van der Waals surface area contributed by atoms with Crippen molar-refractivity contribution in [3.63, 3.8) is 0 Å². The van der Waals surface area contributed by atoms with Gasteiger partial charge in [0.05, 0.1) is 12.2 Å². The zero-order valence-electron chi connectivity index (χ0n) is 16.8. The van der Waals surface area contributed by atoms with E-state index in [2.05, 4.69) is 15.3 Å². The van der Waals surface area contributed by atoms with Gasteiger partial charge in [-0.05, 0) is 43.7 Å². The molecule has 158 valence electrons. The van der Waals surface area contributed by atoms with Crippen molar-refractivity contribution in [2.24, 2.45) is 0 Å². The van der Waals surface area contributed by atoms with E-state index in [1.807, 2.05) is 31.2 Å². The minimum atomic E-state index is -0.608. The molecule has 0 unspecified atom stereocenters. The minimum absolute atomic E-state index is 0.166. The number of benzene rings is 2. The van der Waals surface area contributed by atoms with Crippen molar-refractivity contribution >= 4 is 29.2 Å². The molecule has 4 aromatic rings. The Labute approximate surface area is 188 Å². The second kappa shape index (κ2) is 8.91. The number of hydrogen-bond acceptors (Lipinski definition) is 6. The van der Waals surface area contributed by atoms with Gasteiger partial charge in [-0.25, -0.2) is 9.48 Å². The first-order chi connectivity index (χ1) is 14.9. The van der Waals surface area contributed by atoms with Gasteiger partial charge >= 0.3 is 5.97 Å². The van der Waals surface area contributed by atoms with Gasteiger partial charge in [-0.1, -0.05) is 53.0 Å². The van der Waals surface area contributed by atoms with E-state index in [-0.39, 0.29) is 23.2 Å². The quantitative estimate of drug-likeness (QED) is 0.367. The zero-order valence-corrected chi connectivity index (χ0v) is 18.3. The van der Waals surface area contributed by atoms with E-state index in [0.29, 0.717) is 28.7 Å². The van der Waals surface area contributed by atoms with Gasteiger partial charge < -0.3 is 9.15 Å². The summed E-state index contributed by atoms with van der Waals surface area (Å²) in [6.45, 7) is 3.99. The van der Waals surface area contributed by atoms with Crippen LogP contribution in [0.25, 0.3) is 11.5 Å². The SMILES string of the molecule is Cc1ccc(Cn2nc(C)c(C(=O)OCc3nnc(-c4ccc(Cl)cc4)o3)c2Cl)cc1. The fraction of sp³-hybridized carbons (Fsp3) is 0.182. The highest BCUT2D eigenvalue weighted by molar-refractivity contribution is 6.32. The van der Waals surface area contributed by atoms with Crippen LogP contribution in [0.4, 0.5) is 0 Å². The molecule has 2 aromatic heterocycles. The molecule has 0 saturated heterocycles. The average Bonchev–Trinajstić information content (AvgIpc) is 3.33. The number of carbonyl (C=O) groups is 1. The highest BCUT2D eigenvalue weighted by Crippen LogP contribution is 2.23. The van der Waals surface area contributed by atoms with Gasteiger partial charge in [0.25, 0.3) is 5.89 Å². The number of rotatable bonds is 6. The van der Waals surface area contributed by atoms with Crippen LogP contribution in [0.2, 0.25) is 10.2 Å². The van der Waals surface area contributed by atoms with Crippen LogP contribution in [0.5, 0.6) is 0 Å². The molecule has 7 nitrogen and oxygen atoms in total. The Kier molecular flexibility index (Phi) is 6.06. The second-order valence-electron chi connectivity index (χ2n) is 6.98. The topological polar surface area (TPSA) is 83.0 Å². The van der Waals surface area contributed by atoms with Crippen LogP contribution in [0.1, 0.15) is 33.1 Å². The van der Waals surface area contributed by atoms with Gasteiger partial charge in [0.1, 0.15) is 10.7 Å². The molecule has 2 heterocycles. The lowest BCUT2D eigenvalue weighted by Gasteiger charge is -2.05. The molecule has 4 rings (SSSR count). The number of esters is 1. The number of nitrogens with zero attached hydrogens (tertiary/aromatic N) is 4. The first-order valence-electron chi connectivity index (χ1n) is 9.44. The number of carbonyl (C=O) groups excluding carboxylic acids is 1. The lowest BCUT2D eigenvalue weighted by Crippen LogP contribution is -2.07. The molecule has 0 aliphatic rings. The van der Waals surface area contributed by atoms with Crippen molar-refractivity contribution in [3.05, 3.63) is 87.0 Å². The van der Waals surface area contributed by atoms with Crippen molar-refractivity contribution in [1.29, 1.82) is 0 Å². The summed E-state index contributed by atoms with van der Waals surface area (Å²) in [4.78, 5) is 12.6. The number of ether oxygens (including phenoxy) is 1. The van der Waals surface area contributed by atoms with E-state index < -0.39 is 5.97 Å². The summed E-state index contributed by atoms with van der Waals surface area (Å²) in [5.41, 5.74) is 3.60. The lowest BCUT2D eigenvalue weighted by molar-refractivity contribution is 0.0438. The Hall–Kier alpha value is -3.16. The third-order valence-corrected chi connectivity index (χ3v) is 5.24. The van der Waals surface area contributed by atoms with E-state index in [1.165, 1.54) is 0 Å². The Morgan fingerprint density at radius 3 is 2.45 bits per heavy atom. The summed E-state index contributed by atoms with van der Waals surface area (Å²) in [6, 6.07) is 15.0. The summed E-state index contributed by atoms with van der Waals surface area (Å²) in [5, 5.41) is 13.1. The van der Waals surface area contributed by atoms with E-state index in [4.69, 9.17) is 32.4 Å². The first kappa shape index (κ1) is 21.1. The van der Waals surface area contributed by atoms with Crippen LogP contribution < -0.4 is 0 Å². The molecule has 0 amide bonds. The Morgan fingerprint density at radius 1 is 1.03 bits per heavy atom. The highest BCUT2D eigenvalue weighted by atomic mass is 35.5. The normalized spacial score (nSPS) is 11.0. The van der Waals surface area contributed by atoms with E-state index in [1.54, 1.807) is 35.9 Å². The molecule has 0 aliphatic heterocycles. The largest absolute Gasteiger partial charge is 0.452 e. The zero-order chi connectivity index (χ0) is 22.0. The summed E-state index contributed by atoms with van der Waals surface area (Å²) in [5.74, 6) is -0.133. The van der Waals surface area contributed by atoms with Gasteiger partial charge in [-0.15, -0.1) is 10.2 Å². The molecule has 0 N–H and O–H groups in total. The fourth-order valence-electron chi connectivity index (χ4n) is 2.98. The predicted octanol–water partition coefficient (Wildman–Crippen LogP) is 5.26. The predicted molar refractivity (Wildman–Crippen MR) is 116 cm³/mol. The summed E-state index contributed by atoms with van der Waals surface area (Å²) < 4.78 is 12.5. The van der Waals surface area contributed by atoms with Crippen molar-refractivity contribution < 1.29 is 13.9 Å². The van der Waals surface area contributed by atoms with E-state index in [0.717, 1.165) is 11.1 Å². The van der Waals surface area contributed by atoms with Crippen molar-refractivity contribution in [3.8, 4) is 11.5 Å². The van der Waals surface area contributed by atoms with E-state index >= 15 is 0 Å². The van der Waals surface area contributed by atoms with Gasteiger partial charge in [0.2, 0.25) is 5.89 Å². The molecule has 0 bridgehead atoms. The lowest BCUT2D eigenvalue weighted by atomic mass is 10.1. The van der Waals surface area contributed by atoms with Crippen molar-refractivity contribution in [2.45, 2.75) is 27.0 Å². The molecule has 0 aliphatic carbocycles. The molecule has 0 atom stereocenters. The van der Waals surface area contributed by atoms with Gasteiger partial charge in [0.15, 0.2) is 6.61 Å². The number of aromatic nitrogens is 4. The van der Waals surface area contributed by atoms with E-state index in [9.17, 15) is 4.79 Å². The maximum Gasteiger partial charge on any atom is 0.343 e. The number of hydrogen-bond donors (Lipinski definition) is 0. The summed E-state index contributed by atoms with van der Waals surface area (Å²) in [7, 11) is 0. The summed E-state index contributed by atoms with van der Waals surface area (Å²) in [6.07, 6.45) is 0. The van der Waals surface area contributed by atoms with Gasteiger partial charge in [-0.2, -0.15) is 5.10 Å². The van der Waals surface area contributed by atoms with Crippen LogP contribution in [0.3, 0.4) is 0 Å². The second-order valence-corrected chi connectivity index (χ2v) is 7.77. The number of halogens is 2. The smallest absolute Gasteiger partial charge is 0.343 e. The van der Waals surface area contributed by atoms with Crippen LogP contribution in [0, 0.1) is 13.8 Å². The summed E-state index contributed by atoms with van der Waals surface area (Å²) >= 11 is 12.3. The Balaban J connectivity index is 1.44. The van der Waals surface area contributed by atoms with Gasteiger partial charge in [0, 0.05) is 10.6 Å². The molecule has 0 spiro atoms. The van der Waals surface area contributed by atoms with Crippen LogP contribution in [-0.4, -0.2) is 25.9 Å². The van der Waals surface area contributed by atoms with Gasteiger partial charge in [-0.3, -0.25) is 0 Å². The number of aryl methyl sites for hydroxylation is 2. The molecular weight excluding hydrogens is 439 g/mol. The first-order valence-corrected chi connectivity index (χ1v) is 10.2. The third kappa shape index (κ3) is 4.78. The molecular formula is C22H18Cl2N4O3. The Bertz CT molecular complexity index is 1210. The molecule has 0 fully saturated rings. The molecule has 0 radical (unpaired) electrons. The van der Waals surface area contributed by atoms with Crippen molar-refractivity contribution in [2.75, 3.05) is 0 Å². The van der Waals surface area contributed by atoms with Crippen LogP contribution in [0.15, 0.2) is 52.9 Å². The maximum atomic E-state index is 12.6. The molecule has 2 aromatic carbocycles. The minimum Gasteiger partial charge on any atom is -0.452 e. The average molecular weight is 457 g/mol. The van der Waals surface area contributed by atoms with Crippen LogP contribution in [-0.2, 0) is 17.9 Å². The van der Waals surface area contributed by atoms with Crippen molar-refractivity contribution in [1.82, 2.24) is 20.0 Å².